The number of methoxy groups -OCH3 is 1. The molecular formula is C30H42N10O3. The van der Waals surface area contributed by atoms with Crippen LogP contribution in [-0.2, 0) is 18.3 Å². The molecule has 0 aliphatic carbocycles. The smallest absolute Gasteiger partial charge is 0.343 e. The first kappa shape index (κ1) is 31.4. The fraction of sp³-hybridized carbons (Fsp3) is 0.467. The zero-order valence-electron chi connectivity index (χ0n) is 26.0. The molecule has 0 fully saturated rings. The highest BCUT2D eigenvalue weighted by molar-refractivity contribution is 5.96. The molecule has 4 rings (SSSR count). The molecule has 0 bridgehead atoms. The van der Waals surface area contributed by atoms with Crippen molar-refractivity contribution in [3.05, 3.63) is 48.7 Å². The Hall–Kier alpha value is -4.52. The summed E-state index contributed by atoms with van der Waals surface area (Å²) in [6.45, 7) is 14.7. The van der Waals surface area contributed by atoms with Gasteiger partial charge in [-0.1, -0.05) is 33.8 Å². The number of anilines is 4. The largest absolute Gasteiger partial charge is 0.494 e. The van der Waals surface area contributed by atoms with Crippen LogP contribution in [0.15, 0.2) is 43.1 Å². The second-order valence-corrected chi connectivity index (χ2v) is 11.1. The van der Waals surface area contributed by atoms with E-state index in [4.69, 9.17) is 9.47 Å². The summed E-state index contributed by atoms with van der Waals surface area (Å²) in [7, 11) is 3.36. The maximum absolute atomic E-state index is 12.8. The van der Waals surface area contributed by atoms with E-state index < -0.39 is 5.97 Å². The van der Waals surface area contributed by atoms with Gasteiger partial charge in [-0.3, -0.25) is 9.36 Å². The lowest BCUT2D eigenvalue weighted by atomic mass is 10.1. The summed E-state index contributed by atoms with van der Waals surface area (Å²) < 4.78 is 14.5. The molecular weight excluding hydrogens is 548 g/mol. The average molecular weight is 591 g/mol. The average Bonchev–Trinajstić information content (AvgIpc) is 3.60. The first-order valence-electron chi connectivity index (χ1n) is 14.5. The monoisotopic (exact) mass is 590 g/mol. The van der Waals surface area contributed by atoms with E-state index >= 15 is 0 Å². The molecule has 3 heterocycles. The van der Waals surface area contributed by atoms with Gasteiger partial charge in [0.2, 0.25) is 5.95 Å². The molecule has 2 N–H and O–H groups in total. The Balaban J connectivity index is 1.56. The zero-order chi connectivity index (χ0) is 30.9. The van der Waals surface area contributed by atoms with E-state index in [2.05, 4.69) is 68.4 Å². The Morgan fingerprint density at radius 2 is 1.84 bits per heavy atom. The SMILES string of the molecule is CCOC(=O)c1cnc(Nc2cnn(CCN(CC(C)C)CC(C)C)c2)nc1Nc1cccc(-c2ncn(C)n2)c1OC. The van der Waals surface area contributed by atoms with Gasteiger partial charge in [0.05, 0.1) is 43.4 Å². The third kappa shape index (κ3) is 8.51. The van der Waals surface area contributed by atoms with Crippen molar-refractivity contribution in [3.8, 4) is 17.1 Å². The molecule has 230 valence electrons. The van der Waals surface area contributed by atoms with E-state index in [1.807, 2.05) is 29.1 Å². The summed E-state index contributed by atoms with van der Waals surface area (Å²) in [6.07, 6.45) is 6.71. The molecule has 0 radical (unpaired) electrons. The molecule has 0 aliphatic heterocycles. The van der Waals surface area contributed by atoms with Crippen LogP contribution in [0.5, 0.6) is 5.75 Å². The Labute approximate surface area is 252 Å². The van der Waals surface area contributed by atoms with Gasteiger partial charge in [-0.2, -0.15) is 15.2 Å². The number of hydrogen-bond donors (Lipinski definition) is 2. The number of aryl methyl sites for hydroxylation is 1. The summed E-state index contributed by atoms with van der Waals surface area (Å²) in [5, 5.41) is 15.4. The van der Waals surface area contributed by atoms with Gasteiger partial charge in [0.1, 0.15) is 11.9 Å². The number of nitrogens with zero attached hydrogens (tertiary/aromatic N) is 8. The number of nitrogens with one attached hydrogen (secondary N) is 2. The molecule has 0 saturated heterocycles. The number of carbonyl (C=O) groups is 1. The number of carbonyl (C=O) groups excluding carboxylic acids is 1. The third-order valence-electron chi connectivity index (χ3n) is 6.38. The summed E-state index contributed by atoms with van der Waals surface area (Å²) in [5.41, 5.74) is 2.17. The Bertz CT molecular complexity index is 1490. The molecule has 4 aromatic rings. The highest BCUT2D eigenvalue weighted by Crippen LogP contribution is 2.36. The topological polar surface area (TPSA) is 137 Å². The minimum absolute atomic E-state index is 0.182. The van der Waals surface area contributed by atoms with Crippen molar-refractivity contribution in [1.29, 1.82) is 0 Å². The van der Waals surface area contributed by atoms with Crippen LogP contribution in [0.4, 0.5) is 23.1 Å². The van der Waals surface area contributed by atoms with Crippen molar-refractivity contribution >= 4 is 29.1 Å². The molecule has 43 heavy (non-hydrogen) atoms. The van der Waals surface area contributed by atoms with Gasteiger partial charge >= 0.3 is 5.97 Å². The fourth-order valence-electron chi connectivity index (χ4n) is 4.73. The second-order valence-electron chi connectivity index (χ2n) is 11.1. The summed E-state index contributed by atoms with van der Waals surface area (Å²) in [6, 6.07) is 5.53. The number of rotatable bonds is 15. The molecule has 3 aromatic heterocycles. The lowest BCUT2D eigenvalue weighted by molar-refractivity contribution is 0.0526. The standard InChI is InChI=1S/C30H42N10O3/c1-8-43-29(41)24-15-31-30(34-22-14-33-40(18-22)13-12-39(16-20(2)3)17-21(4)5)36-28(24)35-25-11-9-10-23(26(25)42-7)27-32-19-38(6)37-27/h9-11,14-15,18-21H,8,12-13,16-17H2,1-7H3,(H2,31,34,35,36). The van der Waals surface area contributed by atoms with Crippen LogP contribution in [0.3, 0.4) is 0 Å². The van der Waals surface area contributed by atoms with Gasteiger partial charge in [0.15, 0.2) is 17.4 Å². The van der Waals surface area contributed by atoms with Gasteiger partial charge in [-0.25, -0.2) is 14.8 Å². The van der Waals surface area contributed by atoms with Crippen molar-refractivity contribution < 1.29 is 14.3 Å². The normalized spacial score (nSPS) is 11.4. The molecule has 0 unspecified atom stereocenters. The summed E-state index contributed by atoms with van der Waals surface area (Å²) >= 11 is 0. The fourth-order valence-corrected chi connectivity index (χ4v) is 4.73. The maximum Gasteiger partial charge on any atom is 0.343 e. The second kappa shape index (κ2) is 14.6. The van der Waals surface area contributed by atoms with E-state index in [1.54, 1.807) is 38.3 Å². The van der Waals surface area contributed by atoms with E-state index in [9.17, 15) is 4.79 Å². The first-order valence-corrected chi connectivity index (χ1v) is 14.5. The van der Waals surface area contributed by atoms with Gasteiger partial charge in [-0.05, 0) is 30.9 Å². The van der Waals surface area contributed by atoms with Gasteiger partial charge in [-0.15, -0.1) is 0 Å². The highest BCUT2D eigenvalue weighted by Gasteiger charge is 2.20. The molecule has 13 nitrogen and oxygen atoms in total. The minimum Gasteiger partial charge on any atom is -0.494 e. The van der Waals surface area contributed by atoms with Crippen molar-refractivity contribution in [2.24, 2.45) is 18.9 Å². The number of hydrogen-bond acceptors (Lipinski definition) is 11. The van der Waals surface area contributed by atoms with E-state index in [-0.39, 0.29) is 23.9 Å². The number of aromatic nitrogens is 7. The number of para-hydroxylation sites is 1. The van der Waals surface area contributed by atoms with Crippen LogP contribution >= 0.6 is 0 Å². The molecule has 0 saturated carbocycles. The number of ether oxygens (including phenoxy) is 2. The van der Waals surface area contributed by atoms with Crippen molar-refractivity contribution in [2.75, 3.05) is 44.0 Å². The van der Waals surface area contributed by atoms with Crippen LogP contribution in [0.25, 0.3) is 11.4 Å². The number of esters is 1. The van der Waals surface area contributed by atoms with Gasteiger partial charge in [0, 0.05) is 39.1 Å². The molecule has 1 aromatic carbocycles. The van der Waals surface area contributed by atoms with Crippen molar-refractivity contribution in [2.45, 2.75) is 41.2 Å². The molecule has 0 spiro atoms. The van der Waals surface area contributed by atoms with Crippen molar-refractivity contribution in [1.82, 2.24) is 39.4 Å². The summed E-state index contributed by atoms with van der Waals surface area (Å²) in [4.78, 5) is 28.6. The van der Waals surface area contributed by atoms with Crippen LogP contribution in [-0.4, -0.2) is 78.7 Å². The van der Waals surface area contributed by atoms with Gasteiger partial charge < -0.3 is 25.0 Å². The Morgan fingerprint density at radius 3 is 2.49 bits per heavy atom. The highest BCUT2D eigenvalue weighted by atomic mass is 16.5. The Morgan fingerprint density at radius 1 is 1.07 bits per heavy atom. The lowest BCUT2D eigenvalue weighted by Crippen LogP contribution is -2.34. The van der Waals surface area contributed by atoms with E-state index in [0.717, 1.165) is 31.9 Å². The summed E-state index contributed by atoms with van der Waals surface area (Å²) in [5.74, 6) is 2.21. The van der Waals surface area contributed by atoms with Crippen LogP contribution in [0.2, 0.25) is 0 Å². The molecule has 13 heteroatoms. The first-order chi connectivity index (χ1) is 20.7. The van der Waals surface area contributed by atoms with Crippen LogP contribution < -0.4 is 15.4 Å². The Kier molecular flexibility index (Phi) is 10.7. The van der Waals surface area contributed by atoms with Crippen molar-refractivity contribution in [3.63, 3.8) is 0 Å². The zero-order valence-corrected chi connectivity index (χ0v) is 26.0. The van der Waals surface area contributed by atoms with Crippen LogP contribution in [0, 0.1) is 11.8 Å². The molecule has 0 amide bonds. The quantitative estimate of drug-likeness (QED) is 0.186. The molecule has 0 atom stereocenters. The number of benzene rings is 1. The lowest BCUT2D eigenvalue weighted by Gasteiger charge is -2.25. The maximum atomic E-state index is 12.8. The molecule has 0 aliphatic rings. The van der Waals surface area contributed by atoms with E-state index in [0.29, 0.717) is 34.7 Å². The van der Waals surface area contributed by atoms with E-state index in [1.165, 1.54) is 6.20 Å². The third-order valence-corrected chi connectivity index (χ3v) is 6.38. The van der Waals surface area contributed by atoms with Gasteiger partial charge in [0.25, 0.3) is 0 Å². The predicted octanol–water partition coefficient (Wildman–Crippen LogP) is 4.76. The van der Waals surface area contributed by atoms with Crippen LogP contribution in [0.1, 0.15) is 45.0 Å². The minimum atomic E-state index is -0.543. The predicted molar refractivity (Wildman–Crippen MR) is 166 cm³/mol.